The van der Waals surface area contributed by atoms with Gasteiger partial charge in [0.2, 0.25) is 0 Å². The first kappa shape index (κ1) is 13.0. The summed E-state index contributed by atoms with van der Waals surface area (Å²) < 4.78 is 5.52. The van der Waals surface area contributed by atoms with Crippen LogP contribution in [0, 0.1) is 5.92 Å². The summed E-state index contributed by atoms with van der Waals surface area (Å²) >= 11 is 2.02. The van der Waals surface area contributed by atoms with E-state index in [9.17, 15) is 0 Å². The number of hydrogen-bond donors (Lipinski definition) is 1. The second kappa shape index (κ2) is 5.96. The predicted octanol–water partition coefficient (Wildman–Crippen LogP) is 3.98. The molecule has 1 aromatic rings. The van der Waals surface area contributed by atoms with Crippen LogP contribution in [-0.2, 0) is 0 Å². The molecule has 1 aromatic heterocycles. The summed E-state index contributed by atoms with van der Waals surface area (Å²) in [5, 5.41) is 1.06. The van der Waals surface area contributed by atoms with Gasteiger partial charge in [-0.3, -0.25) is 0 Å². The van der Waals surface area contributed by atoms with Crippen molar-refractivity contribution < 1.29 is 4.42 Å². The average Bonchev–Trinajstić information content (AvgIpc) is 2.78. The van der Waals surface area contributed by atoms with Gasteiger partial charge in [-0.25, -0.2) is 0 Å². The lowest BCUT2D eigenvalue weighted by atomic mass is 9.90. The van der Waals surface area contributed by atoms with Gasteiger partial charge in [-0.05, 0) is 37.8 Å². The molecule has 96 valence electrons. The van der Waals surface area contributed by atoms with Crippen LogP contribution in [0.2, 0.25) is 0 Å². The zero-order valence-electron chi connectivity index (χ0n) is 10.8. The van der Waals surface area contributed by atoms with E-state index in [0.717, 1.165) is 16.9 Å². The van der Waals surface area contributed by atoms with Crippen LogP contribution in [0.3, 0.4) is 0 Å². The molecular formula is C14H23NOS. The van der Waals surface area contributed by atoms with Crippen LogP contribution in [0.4, 0.5) is 0 Å². The Morgan fingerprint density at radius 1 is 1.47 bits per heavy atom. The van der Waals surface area contributed by atoms with E-state index in [0.29, 0.717) is 5.25 Å². The lowest BCUT2D eigenvalue weighted by molar-refractivity contribution is 0.392. The Bertz CT molecular complexity index is 323. The van der Waals surface area contributed by atoms with Crippen molar-refractivity contribution in [2.75, 3.05) is 0 Å². The molecule has 4 unspecified atom stereocenters. The monoisotopic (exact) mass is 253 g/mol. The molecule has 0 bridgehead atoms. The smallest absolute Gasteiger partial charge is 0.118 e. The van der Waals surface area contributed by atoms with E-state index in [-0.39, 0.29) is 6.04 Å². The van der Waals surface area contributed by atoms with E-state index in [4.69, 9.17) is 10.2 Å². The van der Waals surface area contributed by atoms with Gasteiger partial charge in [-0.15, -0.1) is 11.8 Å². The van der Waals surface area contributed by atoms with Crippen molar-refractivity contribution in [2.24, 2.45) is 11.7 Å². The highest BCUT2D eigenvalue weighted by Crippen LogP contribution is 2.41. The Morgan fingerprint density at radius 2 is 2.29 bits per heavy atom. The van der Waals surface area contributed by atoms with Crippen LogP contribution in [0.5, 0.6) is 0 Å². The maximum atomic E-state index is 6.10. The minimum Gasteiger partial charge on any atom is -0.468 e. The fourth-order valence-corrected chi connectivity index (χ4v) is 4.29. The fraction of sp³-hybridized carbons (Fsp3) is 0.714. The number of nitrogens with two attached hydrogens (primary N) is 1. The molecule has 0 radical (unpaired) electrons. The van der Waals surface area contributed by atoms with Crippen LogP contribution in [-0.4, -0.2) is 11.3 Å². The van der Waals surface area contributed by atoms with E-state index in [1.807, 2.05) is 23.9 Å². The molecule has 2 N–H and O–H groups in total. The van der Waals surface area contributed by atoms with E-state index < -0.39 is 0 Å². The standard InChI is InChI=1S/C14H23NOS/c1-10-5-3-6-12(9-10)17-14(11(2)15)13-7-4-8-16-13/h4,7-8,10-12,14H,3,5-6,9,15H2,1-2H3. The van der Waals surface area contributed by atoms with Crippen LogP contribution in [0.25, 0.3) is 0 Å². The Hall–Kier alpha value is -0.410. The third-order valence-electron chi connectivity index (χ3n) is 3.53. The number of hydrogen-bond acceptors (Lipinski definition) is 3. The minimum atomic E-state index is 0.142. The van der Waals surface area contributed by atoms with Crippen molar-refractivity contribution in [1.82, 2.24) is 0 Å². The van der Waals surface area contributed by atoms with E-state index >= 15 is 0 Å². The Morgan fingerprint density at radius 3 is 2.88 bits per heavy atom. The third kappa shape index (κ3) is 3.52. The molecular weight excluding hydrogens is 230 g/mol. The molecule has 17 heavy (non-hydrogen) atoms. The fourth-order valence-electron chi connectivity index (χ4n) is 2.61. The molecule has 2 rings (SSSR count). The minimum absolute atomic E-state index is 0.142. The van der Waals surface area contributed by atoms with Gasteiger partial charge in [-0.2, -0.15) is 0 Å². The summed E-state index contributed by atoms with van der Waals surface area (Å²) in [6, 6.07) is 4.14. The summed E-state index contributed by atoms with van der Waals surface area (Å²) in [6.07, 6.45) is 7.16. The highest BCUT2D eigenvalue weighted by molar-refractivity contribution is 8.00. The van der Waals surface area contributed by atoms with Crippen molar-refractivity contribution in [3.05, 3.63) is 24.2 Å². The molecule has 1 heterocycles. The number of furan rings is 1. The molecule has 0 aromatic carbocycles. The van der Waals surface area contributed by atoms with Gasteiger partial charge in [0.15, 0.2) is 0 Å². The second-order valence-corrected chi connectivity index (χ2v) is 6.77. The molecule has 4 atom stereocenters. The van der Waals surface area contributed by atoms with Gasteiger partial charge < -0.3 is 10.2 Å². The Labute approximate surface area is 108 Å². The quantitative estimate of drug-likeness (QED) is 0.882. The first-order valence-electron chi connectivity index (χ1n) is 6.61. The largest absolute Gasteiger partial charge is 0.468 e. The van der Waals surface area contributed by atoms with Crippen molar-refractivity contribution in [2.45, 2.75) is 56.1 Å². The molecule has 1 saturated carbocycles. The predicted molar refractivity (Wildman–Crippen MR) is 74.1 cm³/mol. The summed E-state index contributed by atoms with van der Waals surface area (Å²) in [4.78, 5) is 0. The zero-order chi connectivity index (χ0) is 12.3. The topological polar surface area (TPSA) is 39.2 Å². The van der Waals surface area contributed by atoms with Crippen LogP contribution < -0.4 is 5.73 Å². The number of rotatable bonds is 4. The first-order chi connectivity index (χ1) is 8.16. The van der Waals surface area contributed by atoms with Crippen LogP contribution >= 0.6 is 11.8 Å². The average molecular weight is 253 g/mol. The summed E-state index contributed by atoms with van der Waals surface area (Å²) in [6.45, 7) is 4.44. The van der Waals surface area contributed by atoms with Gasteiger partial charge >= 0.3 is 0 Å². The summed E-state index contributed by atoms with van der Waals surface area (Å²) in [5.41, 5.74) is 6.10. The summed E-state index contributed by atoms with van der Waals surface area (Å²) in [5.74, 6) is 1.90. The third-order valence-corrected chi connectivity index (χ3v) is 5.30. The van der Waals surface area contributed by atoms with Gasteiger partial charge in [0, 0.05) is 11.3 Å². The van der Waals surface area contributed by atoms with Gasteiger partial charge in [0.05, 0.1) is 11.5 Å². The highest BCUT2D eigenvalue weighted by Gasteiger charge is 2.27. The van der Waals surface area contributed by atoms with Gasteiger partial charge in [0.25, 0.3) is 0 Å². The molecule has 0 amide bonds. The van der Waals surface area contributed by atoms with E-state index in [2.05, 4.69) is 13.8 Å². The Kier molecular flexibility index (Phi) is 4.57. The summed E-state index contributed by atoms with van der Waals surface area (Å²) in [7, 11) is 0. The lowest BCUT2D eigenvalue weighted by Gasteiger charge is -2.30. The Balaban J connectivity index is 1.98. The maximum Gasteiger partial charge on any atom is 0.118 e. The molecule has 1 aliphatic carbocycles. The normalized spacial score (nSPS) is 28.9. The second-order valence-electron chi connectivity index (χ2n) is 5.33. The van der Waals surface area contributed by atoms with Gasteiger partial charge in [-0.1, -0.05) is 19.8 Å². The van der Waals surface area contributed by atoms with Crippen LogP contribution in [0.15, 0.2) is 22.8 Å². The molecule has 1 aliphatic rings. The molecule has 0 aliphatic heterocycles. The number of thioether (sulfide) groups is 1. The highest BCUT2D eigenvalue weighted by atomic mass is 32.2. The van der Waals surface area contributed by atoms with Crippen molar-refractivity contribution in [3.63, 3.8) is 0 Å². The van der Waals surface area contributed by atoms with Gasteiger partial charge in [0.1, 0.15) is 5.76 Å². The van der Waals surface area contributed by atoms with E-state index in [1.165, 1.54) is 25.7 Å². The lowest BCUT2D eigenvalue weighted by Crippen LogP contribution is -2.26. The molecule has 1 fully saturated rings. The maximum absolute atomic E-state index is 6.10. The SMILES string of the molecule is CC1CCCC(SC(c2ccco2)C(C)N)C1. The van der Waals surface area contributed by atoms with E-state index in [1.54, 1.807) is 6.26 Å². The van der Waals surface area contributed by atoms with Crippen molar-refractivity contribution in [3.8, 4) is 0 Å². The van der Waals surface area contributed by atoms with Crippen molar-refractivity contribution in [1.29, 1.82) is 0 Å². The molecule has 0 spiro atoms. The molecule has 3 heteroatoms. The first-order valence-corrected chi connectivity index (χ1v) is 7.55. The van der Waals surface area contributed by atoms with Crippen LogP contribution in [0.1, 0.15) is 50.5 Å². The van der Waals surface area contributed by atoms with Crippen molar-refractivity contribution >= 4 is 11.8 Å². The molecule has 2 nitrogen and oxygen atoms in total. The molecule has 0 saturated heterocycles. The zero-order valence-corrected chi connectivity index (χ0v) is 11.6.